The van der Waals surface area contributed by atoms with Crippen molar-refractivity contribution in [3.8, 4) is 22.1 Å². The standard InChI is InChI=1S/C26H19ClF4N2O3S/c1-35-23-11-16(8-9-22(23)36-13-18-19(27)6-3-7-20(18)28)25-33-21(14-37-25)24(34)32-12-15-4-2-5-17(10-15)26(29,30)31/h2-11,14H,12-13H2,1H3,(H,32,34). The molecule has 1 heterocycles. The number of rotatable bonds is 8. The summed E-state index contributed by atoms with van der Waals surface area (Å²) < 4.78 is 63.8. The molecule has 0 aliphatic carbocycles. The Hall–Kier alpha value is -3.63. The molecule has 0 unspecified atom stereocenters. The number of hydrogen-bond acceptors (Lipinski definition) is 5. The third kappa shape index (κ3) is 6.39. The van der Waals surface area contributed by atoms with Crippen LogP contribution in [0.15, 0.2) is 66.0 Å². The molecule has 5 nitrogen and oxygen atoms in total. The highest BCUT2D eigenvalue weighted by molar-refractivity contribution is 7.13. The summed E-state index contributed by atoms with van der Waals surface area (Å²) in [5.41, 5.74) is 0.524. The number of methoxy groups -OCH3 is 1. The molecule has 0 saturated carbocycles. The van der Waals surface area contributed by atoms with Gasteiger partial charge in [0, 0.05) is 23.1 Å². The maximum atomic E-state index is 14.0. The molecule has 0 saturated heterocycles. The van der Waals surface area contributed by atoms with Crippen LogP contribution in [0.5, 0.6) is 11.5 Å². The fourth-order valence-electron chi connectivity index (χ4n) is 3.38. The molecule has 1 N–H and O–H groups in total. The van der Waals surface area contributed by atoms with Crippen LogP contribution in [-0.4, -0.2) is 18.0 Å². The summed E-state index contributed by atoms with van der Waals surface area (Å²) in [6.45, 7) is -0.184. The van der Waals surface area contributed by atoms with Crippen LogP contribution < -0.4 is 14.8 Å². The third-order valence-corrected chi connectivity index (χ3v) is 6.53. The van der Waals surface area contributed by atoms with Crippen LogP contribution in [0.1, 0.15) is 27.2 Å². The molecule has 4 aromatic rings. The molecule has 1 aromatic heterocycles. The summed E-state index contributed by atoms with van der Waals surface area (Å²) in [5.74, 6) is -0.268. The average molecular weight is 551 g/mol. The van der Waals surface area contributed by atoms with Crippen molar-refractivity contribution in [1.82, 2.24) is 10.3 Å². The van der Waals surface area contributed by atoms with Crippen molar-refractivity contribution in [3.63, 3.8) is 0 Å². The molecule has 0 aliphatic rings. The van der Waals surface area contributed by atoms with Crippen molar-refractivity contribution in [2.24, 2.45) is 0 Å². The maximum Gasteiger partial charge on any atom is 0.416 e. The van der Waals surface area contributed by atoms with Gasteiger partial charge in [0.25, 0.3) is 5.91 Å². The number of ether oxygens (including phenoxy) is 2. The third-order valence-electron chi connectivity index (χ3n) is 5.29. The summed E-state index contributed by atoms with van der Waals surface area (Å²) >= 11 is 7.26. The Kier molecular flexibility index (Phi) is 7.99. The van der Waals surface area contributed by atoms with Crippen LogP contribution in [0.2, 0.25) is 5.02 Å². The van der Waals surface area contributed by atoms with Crippen molar-refractivity contribution in [2.45, 2.75) is 19.3 Å². The summed E-state index contributed by atoms with van der Waals surface area (Å²) in [5, 5.41) is 4.90. The van der Waals surface area contributed by atoms with Gasteiger partial charge in [0.15, 0.2) is 11.5 Å². The predicted molar refractivity (Wildman–Crippen MR) is 132 cm³/mol. The SMILES string of the molecule is COc1cc(-c2nc(C(=O)NCc3cccc(C(F)(F)F)c3)cs2)ccc1OCc1c(F)cccc1Cl. The lowest BCUT2D eigenvalue weighted by molar-refractivity contribution is -0.137. The minimum atomic E-state index is -4.46. The first-order valence-electron chi connectivity index (χ1n) is 10.8. The van der Waals surface area contributed by atoms with E-state index in [2.05, 4.69) is 10.3 Å². The van der Waals surface area contributed by atoms with Crippen LogP contribution in [0, 0.1) is 5.82 Å². The number of nitrogens with one attached hydrogen (secondary N) is 1. The van der Waals surface area contributed by atoms with E-state index in [1.54, 1.807) is 29.6 Å². The number of carbonyl (C=O) groups excluding carboxylic acids is 1. The van der Waals surface area contributed by atoms with Crippen LogP contribution in [0.25, 0.3) is 10.6 Å². The van der Waals surface area contributed by atoms with Crippen molar-refractivity contribution in [3.05, 3.63) is 99.3 Å². The molecular formula is C26H19ClF4N2O3S. The zero-order valence-corrected chi connectivity index (χ0v) is 20.8. The Morgan fingerprint density at radius 2 is 1.86 bits per heavy atom. The lowest BCUT2D eigenvalue weighted by atomic mass is 10.1. The van der Waals surface area contributed by atoms with Gasteiger partial charge in [0.1, 0.15) is 23.1 Å². The molecular weight excluding hydrogens is 532 g/mol. The number of alkyl halides is 3. The van der Waals surface area contributed by atoms with Gasteiger partial charge in [-0.1, -0.05) is 29.8 Å². The second-order valence-corrected chi connectivity index (χ2v) is 9.04. The summed E-state index contributed by atoms with van der Waals surface area (Å²) in [6.07, 6.45) is -4.46. The first-order valence-corrected chi connectivity index (χ1v) is 12.1. The van der Waals surface area contributed by atoms with Crippen LogP contribution in [-0.2, 0) is 19.3 Å². The van der Waals surface area contributed by atoms with Crippen LogP contribution in [0.3, 0.4) is 0 Å². The summed E-state index contributed by atoms with van der Waals surface area (Å²) in [7, 11) is 1.45. The van der Waals surface area contributed by atoms with Crippen molar-refractivity contribution in [1.29, 1.82) is 0 Å². The normalized spacial score (nSPS) is 11.3. The first-order chi connectivity index (χ1) is 17.7. The Morgan fingerprint density at radius 3 is 2.59 bits per heavy atom. The predicted octanol–water partition coefficient (Wildman–Crippen LogP) is 7.14. The van der Waals surface area contributed by atoms with E-state index >= 15 is 0 Å². The molecule has 0 fully saturated rings. The van der Waals surface area contributed by atoms with E-state index < -0.39 is 23.5 Å². The van der Waals surface area contributed by atoms with Gasteiger partial charge < -0.3 is 14.8 Å². The highest BCUT2D eigenvalue weighted by Gasteiger charge is 2.30. The number of aromatic nitrogens is 1. The second kappa shape index (κ2) is 11.2. The molecule has 11 heteroatoms. The number of benzene rings is 3. The average Bonchev–Trinajstić information content (AvgIpc) is 3.37. The Bertz CT molecular complexity index is 1400. The van der Waals surface area contributed by atoms with Crippen LogP contribution >= 0.6 is 22.9 Å². The van der Waals surface area contributed by atoms with Crippen molar-refractivity contribution >= 4 is 28.8 Å². The summed E-state index contributed by atoms with van der Waals surface area (Å²) in [6, 6.07) is 14.1. The second-order valence-electron chi connectivity index (χ2n) is 7.77. The first kappa shape index (κ1) is 26.4. The van der Waals surface area contributed by atoms with Gasteiger partial charge in [0.2, 0.25) is 0 Å². The molecule has 0 aliphatic heterocycles. The smallest absolute Gasteiger partial charge is 0.416 e. The lowest BCUT2D eigenvalue weighted by Crippen LogP contribution is -2.23. The Labute approximate surface area is 218 Å². The largest absolute Gasteiger partial charge is 0.493 e. The molecule has 0 radical (unpaired) electrons. The van der Waals surface area contributed by atoms with Crippen molar-refractivity contribution < 1.29 is 31.8 Å². The molecule has 3 aromatic carbocycles. The number of carbonyl (C=O) groups is 1. The van der Waals surface area contributed by atoms with E-state index in [9.17, 15) is 22.4 Å². The maximum absolute atomic E-state index is 14.0. The highest BCUT2D eigenvalue weighted by atomic mass is 35.5. The van der Waals surface area contributed by atoms with E-state index in [0.717, 1.165) is 12.1 Å². The summed E-state index contributed by atoms with van der Waals surface area (Å²) in [4.78, 5) is 16.9. The molecule has 1 amide bonds. The van der Waals surface area contributed by atoms with E-state index in [1.165, 1.54) is 42.7 Å². The minimum Gasteiger partial charge on any atom is -0.493 e. The van der Waals surface area contributed by atoms with E-state index in [0.29, 0.717) is 27.6 Å². The fraction of sp³-hybridized carbons (Fsp3) is 0.154. The molecule has 37 heavy (non-hydrogen) atoms. The Morgan fingerprint density at radius 1 is 1.08 bits per heavy atom. The lowest BCUT2D eigenvalue weighted by Gasteiger charge is -2.13. The highest BCUT2D eigenvalue weighted by Crippen LogP contribution is 2.35. The van der Waals surface area contributed by atoms with Crippen molar-refractivity contribution in [2.75, 3.05) is 7.11 Å². The van der Waals surface area contributed by atoms with E-state index in [4.69, 9.17) is 21.1 Å². The zero-order chi connectivity index (χ0) is 26.6. The molecule has 192 valence electrons. The van der Waals surface area contributed by atoms with Gasteiger partial charge in [-0.2, -0.15) is 13.2 Å². The number of thiazole rings is 1. The van der Waals surface area contributed by atoms with Crippen LogP contribution in [0.4, 0.5) is 17.6 Å². The molecule has 0 spiro atoms. The van der Waals surface area contributed by atoms with Gasteiger partial charge in [-0.25, -0.2) is 9.37 Å². The van der Waals surface area contributed by atoms with E-state index in [-0.39, 0.29) is 29.4 Å². The fourth-order valence-corrected chi connectivity index (χ4v) is 4.40. The zero-order valence-electron chi connectivity index (χ0n) is 19.2. The number of nitrogens with zero attached hydrogens (tertiary/aromatic N) is 1. The quantitative estimate of drug-likeness (QED) is 0.237. The molecule has 4 rings (SSSR count). The number of halogens is 5. The van der Waals surface area contributed by atoms with Gasteiger partial charge in [0.05, 0.1) is 17.7 Å². The topological polar surface area (TPSA) is 60.5 Å². The van der Waals surface area contributed by atoms with E-state index in [1.807, 2.05) is 0 Å². The monoisotopic (exact) mass is 550 g/mol. The minimum absolute atomic E-state index is 0.0818. The van der Waals surface area contributed by atoms with Gasteiger partial charge in [-0.05, 0) is 48.0 Å². The Balaban J connectivity index is 1.43. The van der Waals surface area contributed by atoms with Gasteiger partial charge in [-0.3, -0.25) is 4.79 Å². The van der Waals surface area contributed by atoms with Gasteiger partial charge >= 0.3 is 6.18 Å². The molecule has 0 atom stereocenters. The number of hydrogen-bond donors (Lipinski definition) is 1. The molecule has 0 bridgehead atoms. The number of amides is 1. The van der Waals surface area contributed by atoms with Gasteiger partial charge in [-0.15, -0.1) is 11.3 Å².